The first-order valence-corrected chi connectivity index (χ1v) is 8.07. The van der Waals surface area contributed by atoms with Gasteiger partial charge >= 0.3 is 23.9 Å². The fraction of sp³-hybridized carbons (Fsp3) is 0.750. The lowest BCUT2D eigenvalue weighted by molar-refractivity contribution is -0.301. The van der Waals surface area contributed by atoms with E-state index in [1.165, 1.54) is 0 Å². The Morgan fingerprint density at radius 3 is 1.81 bits per heavy atom. The minimum absolute atomic E-state index is 0.224. The Balaban J connectivity index is 3.30. The van der Waals surface area contributed by atoms with Gasteiger partial charge in [0.05, 0.1) is 7.11 Å². The van der Waals surface area contributed by atoms with Crippen molar-refractivity contribution in [2.24, 2.45) is 0 Å². The summed E-state index contributed by atoms with van der Waals surface area (Å²) in [7, 11) is 1.12. The van der Waals surface area contributed by atoms with E-state index >= 15 is 0 Å². The van der Waals surface area contributed by atoms with E-state index in [2.05, 4.69) is 4.74 Å². The van der Waals surface area contributed by atoms with Crippen LogP contribution in [0.2, 0.25) is 0 Å². The molecule has 0 N–H and O–H groups in total. The number of hydrogen-bond acceptors (Lipinski definition) is 10. The van der Waals surface area contributed by atoms with Crippen molar-refractivity contribution < 1.29 is 47.6 Å². The van der Waals surface area contributed by atoms with Crippen molar-refractivity contribution in [3.05, 3.63) is 0 Å². The third kappa shape index (κ3) is 5.95. The van der Waals surface area contributed by atoms with Crippen molar-refractivity contribution in [3.8, 4) is 0 Å². The van der Waals surface area contributed by atoms with Crippen LogP contribution in [0.1, 0.15) is 34.1 Å². The highest BCUT2D eigenvalue weighted by atomic mass is 16.7. The molecule has 0 aliphatic carbocycles. The summed E-state index contributed by atoms with van der Waals surface area (Å²) in [4.78, 5) is 46.6. The first-order chi connectivity index (χ1) is 12.2. The molecule has 0 aromatic heterocycles. The Morgan fingerprint density at radius 2 is 1.35 bits per heavy atom. The van der Waals surface area contributed by atoms with Gasteiger partial charge in [-0.1, -0.05) is 6.92 Å². The monoisotopic (exact) mass is 376 g/mol. The van der Waals surface area contributed by atoms with E-state index in [1.54, 1.807) is 0 Å². The van der Waals surface area contributed by atoms with Gasteiger partial charge in [0.25, 0.3) is 0 Å². The Bertz CT molecular complexity index is 531. The molecular formula is C16H24O10. The zero-order valence-corrected chi connectivity index (χ0v) is 15.4. The molecule has 1 heterocycles. The van der Waals surface area contributed by atoms with Gasteiger partial charge in [0.1, 0.15) is 0 Å². The molecule has 148 valence electrons. The summed E-state index contributed by atoms with van der Waals surface area (Å²) in [5, 5.41) is 0. The molecule has 0 radical (unpaired) electrons. The van der Waals surface area contributed by atoms with Crippen molar-refractivity contribution >= 4 is 23.9 Å². The molecule has 0 spiro atoms. The van der Waals surface area contributed by atoms with E-state index in [0.717, 1.165) is 27.9 Å². The standard InChI is InChI=1S/C16H24O10/c1-6-7-22-16-14(25-10(4)19)12(24-9(3)18)11(23-8(2)17)13(26-16)15(20)21-5/h11-14,16H,6-7H2,1-5H3/t11-,12-,13-,14+,16+/m1/s1. The van der Waals surface area contributed by atoms with Gasteiger partial charge in [0.2, 0.25) is 0 Å². The van der Waals surface area contributed by atoms with Crippen LogP contribution in [0.5, 0.6) is 0 Å². The van der Waals surface area contributed by atoms with Gasteiger partial charge in [0, 0.05) is 27.4 Å². The van der Waals surface area contributed by atoms with Crippen molar-refractivity contribution in [2.45, 2.75) is 64.8 Å². The average Bonchev–Trinajstić information content (AvgIpc) is 2.55. The van der Waals surface area contributed by atoms with Crippen LogP contribution in [0.4, 0.5) is 0 Å². The van der Waals surface area contributed by atoms with E-state index < -0.39 is 54.6 Å². The topological polar surface area (TPSA) is 124 Å². The van der Waals surface area contributed by atoms with E-state index in [4.69, 9.17) is 23.7 Å². The molecular weight excluding hydrogens is 352 g/mol. The summed E-state index contributed by atoms with van der Waals surface area (Å²) >= 11 is 0. The minimum atomic E-state index is -1.43. The second-order valence-corrected chi connectivity index (χ2v) is 5.54. The molecule has 10 heteroatoms. The number of hydrogen-bond donors (Lipinski definition) is 0. The van der Waals surface area contributed by atoms with Crippen LogP contribution >= 0.6 is 0 Å². The highest BCUT2D eigenvalue weighted by Crippen LogP contribution is 2.30. The lowest BCUT2D eigenvalue weighted by Crippen LogP contribution is -2.63. The predicted molar refractivity (Wildman–Crippen MR) is 83.6 cm³/mol. The van der Waals surface area contributed by atoms with Crippen molar-refractivity contribution in [2.75, 3.05) is 13.7 Å². The van der Waals surface area contributed by atoms with Gasteiger partial charge in [0.15, 0.2) is 30.7 Å². The zero-order chi connectivity index (χ0) is 19.9. The quantitative estimate of drug-likeness (QED) is 0.446. The molecule has 0 bridgehead atoms. The predicted octanol–water partition coefficient (Wildman–Crippen LogP) is 0.106. The molecule has 0 aromatic carbocycles. The lowest BCUT2D eigenvalue weighted by atomic mass is 9.97. The molecule has 10 nitrogen and oxygen atoms in total. The van der Waals surface area contributed by atoms with Crippen LogP contribution in [0, 0.1) is 0 Å². The molecule has 0 aromatic rings. The molecule has 1 aliphatic heterocycles. The summed E-state index contributed by atoms with van der Waals surface area (Å²) in [6.07, 6.45) is -5.98. The third-order valence-corrected chi connectivity index (χ3v) is 3.32. The summed E-state index contributed by atoms with van der Waals surface area (Å²) in [6.45, 7) is 5.45. The molecule has 0 amide bonds. The van der Waals surface area contributed by atoms with Crippen molar-refractivity contribution in [1.82, 2.24) is 0 Å². The molecule has 1 aliphatic rings. The maximum atomic E-state index is 12.1. The number of methoxy groups -OCH3 is 1. The fourth-order valence-corrected chi connectivity index (χ4v) is 2.45. The summed E-state index contributed by atoms with van der Waals surface area (Å²) in [5.41, 5.74) is 0. The smallest absolute Gasteiger partial charge is 0.339 e. The minimum Gasteiger partial charge on any atom is -0.467 e. The highest BCUT2D eigenvalue weighted by Gasteiger charge is 2.55. The summed E-state index contributed by atoms with van der Waals surface area (Å²) in [5.74, 6) is -3.04. The van der Waals surface area contributed by atoms with Gasteiger partial charge in [-0.2, -0.15) is 0 Å². The normalized spacial score (nSPS) is 28.0. The molecule has 1 rings (SSSR count). The number of carbonyl (C=O) groups is 4. The zero-order valence-electron chi connectivity index (χ0n) is 15.4. The van der Waals surface area contributed by atoms with Crippen LogP contribution in [-0.2, 0) is 47.6 Å². The third-order valence-electron chi connectivity index (χ3n) is 3.32. The van der Waals surface area contributed by atoms with Gasteiger partial charge in [-0.05, 0) is 6.42 Å². The van der Waals surface area contributed by atoms with E-state index in [1.807, 2.05) is 6.92 Å². The van der Waals surface area contributed by atoms with Crippen molar-refractivity contribution in [1.29, 1.82) is 0 Å². The Hall–Kier alpha value is -2.20. The van der Waals surface area contributed by atoms with Crippen molar-refractivity contribution in [3.63, 3.8) is 0 Å². The van der Waals surface area contributed by atoms with E-state index in [9.17, 15) is 19.2 Å². The molecule has 1 fully saturated rings. The van der Waals surface area contributed by atoms with Gasteiger partial charge < -0.3 is 28.4 Å². The molecule has 1 saturated heterocycles. The number of carbonyl (C=O) groups excluding carboxylic acids is 4. The average molecular weight is 376 g/mol. The van der Waals surface area contributed by atoms with E-state index in [0.29, 0.717) is 6.42 Å². The molecule has 5 atom stereocenters. The van der Waals surface area contributed by atoms with Gasteiger partial charge in [-0.3, -0.25) is 14.4 Å². The second-order valence-electron chi connectivity index (χ2n) is 5.54. The van der Waals surface area contributed by atoms with Crippen LogP contribution < -0.4 is 0 Å². The Morgan fingerprint density at radius 1 is 0.846 bits per heavy atom. The number of ether oxygens (including phenoxy) is 6. The van der Waals surface area contributed by atoms with E-state index in [-0.39, 0.29) is 6.61 Å². The van der Waals surface area contributed by atoms with Crippen LogP contribution in [0.25, 0.3) is 0 Å². The maximum Gasteiger partial charge on any atom is 0.339 e. The van der Waals surface area contributed by atoms with Gasteiger partial charge in [-0.25, -0.2) is 4.79 Å². The Labute approximate surface area is 151 Å². The largest absolute Gasteiger partial charge is 0.467 e. The van der Waals surface area contributed by atoms with Gasteiger partial charge in [-0.15, -0.1) is 0 Å². The lowest BCUT2D eigenvalue weighted by Gasteiger charge is -2.43. The first-order valence-electron chi connectivity index (χ1n) is 8.07. The second kappa shape index (κ2) is 10.1. The highest BCUT2D eigenvalue weighted by molar-refractivity contribution is 5.77. The summed E-state index contributed by atoms with van der Waals surface area (Å²) < 4.78 is 31.2. The van der Waals surface area contributed by atoms with Crippen LogP contribution in [0.3, 0.4) is 0 Å². The SMILES string of the molecule is CCCO[C@H]1O[C@@H](C(=O)OC)[C@H](OC(C)=O)[C@@H](OC(C)=O)[C@@H]1OC(C)=O. The fourth-order valence-electron chi connectivity index (χ4n) is 2.45. The first kappa shape index (κ1) is 21.8. The molecule has 0 saturated carbocycles. The number of rotatable bonds is 7. The molecule has 26 heavy (non-hydrogen) atoms. The van der Waals surface area contributed by atoms with Crippen LogP contribution in [0.15, 0.2) is 0 Å². The number of esters is 4. The molecule has 0 unspecified atom stereocenters. The van der Waals surface area contributed by atoms with Crippen LogP contribution in [-0.4, -0.2) is 68.3 Å². The Kier molecular flexibility index (Phi) is 8.46. The maximum absolute atomic E-state index is 12.1. The summed E-state index contributed by atoms with van der Waals surface area (Å²) in [6, 6.07) is 0.